The first-order valence-corrected chi connectivity index (χ1v) is 3.70. The fourth-order valence-electron chi connectivity index (χ4n) is 0.831. The van der Waals surface area contributed by atoms with E-state index in [2.05, 4.69) is 18.4 Å². The Labute approximate surface area is 76.5 Å². The second kappa shape index (κ2) is 4.13. The highest BCUT2D eigenvalue weighted by Crippen LogP contribution is 2.02. The molecule has 1 aromatic carbocycles. The average Bonchev–Trinajstić information content (AvgIpc) is 2.15. The third-order valence-corrected chi connectivity index (χ3v) is 1.45. The van der Waals surface area contributed by atoms with E-state index >= 15 is 0 Å². The number of aromatic carboxylic acids is 1. The van der Waals surface area contributed by atoms with Crippen LogP contribution in [0.5, 0.6) is 0 Å². The van der Waals surface area contributed by atoms with Crippen molar-refractivity contribution < 1.29 is 9.90 Å². The summed E-state index contributed by atoms with van der Waals surface area (Å²) in [6.07, 6.45) is 1.49. The lowest BCUT2D eigenvalue weighted by molar-refractivity contribution is 0.0697. The molecule has 1 N–H and O–H groups in total. The minimum Gasteiger partial charge on any atom is -0.478 e. The molecular formula is C11H8O2. The molecule has 64 valence electrons. The van der Waals surface area contributed by atoms with Crippen LogP contribution in [0.3, 0.4) is 0 Å². The molecule has 0 aliphatic rings. The Morgan fingerprint density at radius 1 is 1.38 bits per heavy atom. The van der Waals surface area contributed by atoms with Gasteiger partial charge in [0.1, 0.15) is 0 Å². The Hall–Kier alpha value is -2.01. The van der Waals surface area contributed by atoms with Crippen LogP contribution in [0.2, 0.25) is 0 Å². The SMILES string of the molecule is C=CC#Cc1ccc(C(=O)O)cc1. The van der Waals surface area contributed by atoms with Crippen LogP contribution < -0.4 is 0 Å². The highest BCUT2D eigenvalue weighted by atomic mass is 16.4. The summed E-state index contributed by atoms with van der Waals surface area (Å²) >= 11 is 0. The minimum atomic E-state index is -0.928. The van der Waals surface area contributed by atoms with Crippen LogP contribution in [-0.2, 0) is 0 Å². The molecule has 0 atom stereocenters. The standard InChI is InChI=1S/C11H8O2/c1-2-3-4-9-5-7-10(8-6-9)11(12)13/h2,5-8H,1H2,(H,12,13). The Bertz CT molecular complexity index is 377. The van der Waals surface area contributed by atoms with Crippen LogP contribution in [0.4, 0.5) is 0 Å². The molecule has 0 radical (unpaired) electrons. The maximum atomic E-state index is 10.5. The van der Waals surface area contributed by atoms with Gasteiger partial charge in [-0.1, -0.05) is 18.4 Å². The first-order chi connectivity index (χ1) is 6.24. The molecule has 2 nitrogen and oxygen atoms in total. The second-order valence-corrected chi connectivity index (χ2v) is 2.36. The number of carbonyl (C=O) groups is 1. The molecule has 0 amide bonds. The van der Waals surface area contributed by atoms with Gasteiger partial charge >= 0.3 is 5.97 Å². The van der Waals surface area contributed by atoms with E-state index in [-0.39, 0.29) is 5.56 Å². The van der Waals surface area contributed by atoms with Crippen molar-refractivity contribution in [2.24, 2.45) is 0 Å². The zero-order valence-electron chi connectivity index (χ0n) is 6.95. The Morgan fingerprint density at radius 2 is 2.00 bits per heavy atom. The van der Waals surface area contributed by atoms with Crippen molar-refractivity contribution in [2.45, 2.75) is 0 Å². The fourth-order valence-corrected chi connectivity index (χ4v) is 0.831. The number of carboxylic acid groups (broad SMARTS) is 1. The topological polar surface area (TPSA) is 37.3 Å². The summed E-state index contributed by atoms with van der Waals surface area (Å²) in [5, 5.41) is 8.60. The molecule has 0 fully saturated rings. The summed E-state index contributed by atoms with van der Waals surface area (Å²) in [6.45, 7) is 3.45. The van der Waals surface area contributed by atoms with Gasteiger partial charge in [-0.2, -0.15) is 0 Å². The van der Waals surface area contributed by atoms with E-state index in [4.69, 9.17) is 5.11 Å². The van der Waals surface area contributed by atoms with Crippen molar-refractivity contribution in [1.82, 2.24) is 0 Å². The van der Waals surface area contributed by atoms with Crippen molar-refractivity contribution >= 4 is 5.97 Å². The smallest absolute Gasteiger partial charge is 0.335 e. The van der Waals surface area contributed by atoms with Gasteiger partial charge in [-0.25, -0.2) is 4.79 Å². The molecule has 0 aliphatic heterocycles. The molecule has 0 aromatic heterocycles. The highest BCUT2D eigenvalue weighted by Gasteiger charge is 1.99. The van der Waals surface area contributed by atoms with Crippen LogP contribution in [-0.4, -0.2) is 11.1 Å². The maximum absolute atomic E-state index is 10.5. The van der Waals surface area contributed by atoms with E-state index in [1.165, 1.54) is 18.2 Å². The summed E-state index contributed by atoms with van der Waals surface area (Å²) in [5.74, 6) is 4.55. The maximum Gasteiger partial charge on any atom is 0.335 e. The summed E-state index contributed by atoms with van der Waals surface area (Å²) in [6, 6.07) is 6.38. The quantitative estimate of drug-likeness (QED) is 0.657. The van der Waals surface area contributed by atoms with Gasteiger partial charge < -0.3 is 5.11 Å². The van der Waals surface area contributed by atoms with E-state index in [0.29, 0.717) is 0 Å². The van der Waals surface area contributed by atoms with E-state index in [1.807, 2.05) is 0 Å². The zero-order chi connectivity index (χ0) is 9.68. The molecule has 0 saturated heterocycles. The van der Waals surface area contributed by atoms with Gasteiger partial charge in [-0.05, 0) is 30.3 Å². The molecule has 2 heteroatoms. The van der Waals surface area contributed by atoms with Crippen LogP contribution in [0.15, 0.2) is 36.9 Å². The number of benzene rings is 1. The normalized spacial score (nSPS) is 8.31. The predicted octanol–water partition coefficient (Wildman–Crippen LogP) is 1.92. The lowest BCUT2D eigenvalue weighted by Crippen LogP contribution is -1.94. The van der Waals surface area contributed by atoms with Crippen molar-refractivity contribution in [1.29, 1.82) is 0 Å². The summed E-state index contributed by atoms with van der Waals surface area (Å²) < 4.78 is 0. The Morgan fingerprint density at radius 3 is 2.46 bits per heavy atom. The van der Waals surface area contributed by atoms with Gasteiger partial charge in [-0.3, -0.25) is 0 Å². The van der Waals surface area contributed by atoms with Crippen LogP contribution in [0.1, 0.15) is 15.9 Å². The molecule has 1 aromatic rings. The predicted molar refractivity (Wildman–Crippen MR) is 50.5 cm³/mol. The number of allylic oxidation sites excluding steroid dienone is 1. The second-order valence-electron chi connectivity index (χ2n) is 2.36. The van der Waals surface area contributed by atoms with Crippen LogP contribution >= 0.6 is 0 Å². The molecule has 0 spiro atoms. The Balaban J connectivity index is 2.93. The number of carboxylic acids is 1. The fraction of sp³-hybridized carbons (Fsp3) is 0. The van der Waals surface area contributed by atoms with Gasteiger partial charge in [0.15, 0.2) is 0 Å². The largest absolute Gasteiger partial charge is 0.478 e. The first kappa shape index (κ1) is 9.08. The lowest BCUT2D eigenvalue weighted by Gasteiger charge is -1.92. The van der Waals surface area contributed by atoms with E-state index < -0.39 is 5.97 Å². The molecule has 0 bridgehead atoms. The molecular weight excluding hydrogens is 164 g/mol. The van der Waals surface area contributed by atoms with Crippen LogP contribution in [0.25, 0.3) is 0 Å². The van der Waals surface area contributed by atoms with E-state index in [9.17, 15) is 4.79 Å². The number of hydrogen-bond acceptors (Lipinski definition) is 1. The van der Waals surface area contributed by atoms with Crippen molar-refractivity contribution in [3.8, 4) is 11.8 Å². The number of hydrogen-bond donors (Lipinski definition) is 1. The zero-order valence-corrected chi connectivity index (χ0v) is 6.95. The average molecular weight is 172 g/mol. The van der Waals surface area contributed by atoms with Crippen LogP contribution in [0, 0.1) is 11.8 Å². The third kappa shape index (κ3) is 2.49. The molecule has 13 heavy (non-hydrogen) atoms. The molecule has 1 rings (SSSR count). The Kier molecular flexibility index (Phi) is 2.88. The first-order valence-electron chi connectivity index (χ1n) is 3.70. The van der Waals surface area contributed by atoms with Gasteiger partial charge in [0.25, 0.3) is 0 Å². The monoisotopic (exact) mass is 172 g/mol. The van der Waals surface area contributed by atoms with E-state index in [1.54, 1.807) is 12.1 Å². The van der Waals surface area contributed by atoms with Crippen molar-refractivity contribution in [2.75, 3.05) is 0 Å². The molecule has 0 heterocycles. The minimum absolute atomic E-state index is 0.268. The van der Waals surface area contributed by atoms with Gasteiger partial charge in [0.05, 0.1) is 5.56 Å². The molecule has 0 aliphatic carbocycles. The van der Waals surface area contributed by atoms with Gasteiger partial charge in [0, 0.05) is 5.56 Å². The van der Waals surface area contributed by atoms with E-state index in [0.717, 1.165) is 5.56 Å². The third-order valence-electron chi connectivity index (χ3n) is 1.45. The number of rotatable bonds is 1. The van der Waals surface area contributed by atoms with Crippen molar-refractivity contribution in [3.63, 3.8) is 0 Å². The lowest BCUT2D eigenvalue weighted by atomic mass is 10.1. The summed E-state index contributed by atoms with van der Waals surface area (Å²) in [4.78, 5) is 10.5. The van der Waals surface area contributed by atoms with Crippen molar-refractivity contribution in [3.05, 3.63) is 48.0 Å². The molecule has 0 unspecified atom stereocenters. The summed E-state index contributed by atoms with van der Waals surface area (Å²) in [5.41, 5.74) is 1.05. The highest BCUT2D eigenvalue weighted by molar-refractivity contribution is 5.87. The van der Waals surface area contributed by atoms with Gasteiger partial charge in [0.2, 0.25) is 0 Å². The molecule has 0 saturated carbocycles. The van der Waals surface area contributed by atoms with Gasteiger partial charge in [-0.15, -0.1) is 0 Å². The summed E-state index contributed by atoms with van der Waals surface area (Å²) in [7, 11) is 0.